The number of hydrogen-bond donors (Lipinski definition) is 1. The van der Waals surface area contributed by atoms with E-state index < -0.39 is 21.9 Å². The molecule has 1 heterocycles. The van der Waals surface area contributed by atoms with E-state index in [1.807, 2.05) is 0 Å². The molecule has 1 saturated heterocycles. The van der Waals surface area contributed by atoms with Crippen LogP contribution >= 0.6 is 0 Å². The van der Waals surface area contributed by atoms with Crippen LogP contribution < -0.4 is 0 Å². The Morgan fingerprint density at radius 3 is 2.55 bits per heavy atom. The van der Waals surface area contributed by atoms with Crippen LogP contribution in [0.3, 0.4) is 0 Å². The summed E-state index contributed by atoms with van der Waals surface area (Å²) < 4.78 is 45.2. The molecule has 2 rings (SSSR count). The Morgan fingerprint density at radius 2 is 2.00 bits per heavy atom. The quantitative estimate of drug-likeness (QED) is 0.898. The van der Waals surface area contributed by atoms with Gasteiger partial charge in [0.2, 0.25) is 10.0 Å². The summed E-state index contributed by atoms with van der Waals surface area (Å²) in [6.45, 7) is 3.50. The molecule has 1 atom stereocenters. The highest BCUT2D eigenvalue weighted by molar-refractivity contribution is 7.89. The van der Waals surface area contributed by atoms with Gasteiger partial charge < -0.3 is 9.84 Å². The monoisotopic (exact) mass is 303 g/mol. The van der Waals surface area contributed by atoms with Gasteiger partial charge in [-0.3, -0.25) is 0 Å². The van der Waals surface area contributed by atoms with Crippen molar-refractivity contribution >= 4 is 10.0 Å². The van der Waals surface area contributed by atoms with Crippen molar-refractivity contribution in [2.24, 2.45) is 0 Å². The number of rotatable bonds is 3. The first-order valence-electron chi connectivity index (χ1n) is 6.35. The maximum Gasteiger partial charge on any atom is 0.243 e. The van der Waals surface area contributed by atoms with Crippen LogP contribution in [0, 0.1) is 19.7 Å². The zero-order valence-corrected chi connectivity index (χ0v) is 12.3. The maximum atomic E-state index is 13.3. The molecule has 0 spiro atoms. The van der Waals surface area contributed by atoms with E-state index in [0.29, 0.717) is 11.1 Å². The number of halogens is 1. The van der Waals surface area contributed by atoms with Crippen molar-refractivity contribution in [2.75, 3.05) is 26.3 Å². The van der Waals surface area contributed by atoms with E-state index in [1.165, 1.54) is 16.4 Å². The van der Waals surface area contributed by atoms with Crippen LogP contribution in [-0.4, -0.2) is 50.2 Å². The highest BCUT2D eigenvalue weighted by atomic mass is 32.2. The summed E-state index contributed by atoms with van der Waals surface area (Å²) in [7, 11) is -3.71. The third-order valence-electron chi connectivity index (χ3n) is 3.33. The van der Waals surface area contributed by atoms with Crippen molar-refractivity contribution < 1.29 is 22.7 Å². The van der Waals surface area contributed by atoms with Crippen LogP contribution in [0.25, 0.3) is 0 Å². The van der Waals surface area contributed by atoms with Gasteiger partial charge in [0.25, 0.3) is 0 Å². The third kappa shape index (κ3) is 2.85. The lowest BCUT2D eigenvalue weighted by Gasteiger charge is -2.32. The average Bonchev–Trinajstić information content (AvgIpc) is 2.37. The van der Waals surface area contributed by atoms with Gasteiger partial charge in [0.05, 0.1) is 24.2 Å². The van der Waals surface area contributed by atoms with Gasteiger partial charge >= 0.3 is 0 Å². The average molecular weight is 303 g/mol. The second-order valence-corrected chi connectivity index (χ2v) is 6.78. The van der Waals surface area contributed by atoms with Gasteiger partial charge in [-0.2, -0.15) is 4.31 Å². The summed E-state index contributed by atoms with van der Waals surface area (Å²) >= 11 is 0. The van der Waals surface area contributed by atoms with Crippen molar-refractivity contribution in [3.63, 3.8) is 0 Å². The van der Waals surface area contributed by atoms with Crippen LogP contribution in [0.2, 0.25) is 0 Å². The van der Waals surface area contributed by atoms with Crippen molar-refractivity contribution in [3.05, 3.63) is 29.1 Å². The second-order valence-electron chi connectivity index (χ2n) is 4.91. The first-order valence-corrected chi connectivity index (χ1v) is 7.79. The van der Waals surface area contributed by atoms with Gasteiger partial charge in [0, 0.05) is 13.1 Å². The Labute approximate surface area is 118 Å². The molecule has 0 saturated carbocycles. The largest absolute Gasteiger partial charge is 0.394 e. The molecule has 0 radical (unpaired) electrons. The zero-order chi connectivity index (χ0) is 14.9. The summed E-state index contributed by atoms with van der Waals surface area (Å²) in [6.07, 6.45) is -0.514. The smallest absolute Gasteiger partial charge is 0.243 e. The Kier molecular flexibility index (Phi) is 4.43. The van der Waals surface area contributed by atoms with Crippen molar-refractivity contribution in [1.29, 1.82) is 0 Å². The van der Waals surface area contributed by atoms with Crippen LogP contribution in [0.15, 0.2) is 17.0 Å². The summed E-state index contributed by atoms with van der Waals surface area (Å²) in [5.41, 5.74) is 0.768. The normalized spacial score (nSPS) is 21.1. The highest BCUT2D eigenvalue weighted by Gasteiger charge is 2.32. The predicted octanol–water partition coefficient (Wildman–Crippen LogP) is 0.824. The Morgan fingerprint density at radius 1 is 1.40 bits per heavy atom. The number of aliphatic hydroxyl groups is 1. The van der Waals surface area contributed by atoms with Crippen LogP contribution in [-0.2, 0) is 14.8 Å². The Hall–Kier alpha value is -1.02. The Bertz CT molecular complexity index is 579. The van der Waals surface area contributed by atoms with Crippen LogP contribution in [0.1, 0.15) is 11.1 Å². The molecule has 0 aromatic heterocycles. The van der Waals surface area contributed by atoms with E-state index in [-0.39, 0.29) is 31.2 Å². The fourth-order valence-electron chi connectivity index (χ4n) is 2.45. The van der Waals surface area contributed by atoms with E-state index in [4.69, 9.17) is 9.84 Å². The van der Waals surface area contributed by atoms with Gasteiger partial charge in [-0.25, -0.2) is 12.8 Å². The molecule has 0 amide bonds. The SMILES string of the molecule is Cc1cc(F)cc(C)c1S(=O)(=O)N1CCOC(CO)C1. The van der Waals surface area contributed by atoms with Crippen molar-refractivity contribution in [1.82, 2.24) is 4.31 Å². The van der Waals surface area contributed by atoms with E-state index in [9.17, 15) is 12.8 Å². The summed E-state index contributed by atoms with van der Waals surface area (Å²) in [5, 5.41) is 9.09. The number of morpholine rings is 1. The molecule has 1 aliphatic rings. The minimum Gasteiger partial charge on any atom is -0.394 e. The molecule has 5 nitrogen and oxygen atoms in total. The van der Waals surface area contributed by atoms with Crippen LogP contribution in [0.4, 0.5) is 4.39 Å². The summed E-state index contributed by atoms with van der Waals surface area (Å²) in [6, 6.07) is 2.42. The molecule has 1 unspecified atom stereocenters. The molecule has 0 aliphatic carbocycles. The molecule has 1 fully saturated rings. The van der Waals surface area contributed by atoms with Gasteiger partial charge in [0.15, 0.2) is 0 Å². The number of aliphatic hydroxyl groups excluding tert-OH is 1. The molecule has 7 heteroatoms. The lowest BCUT2D eigenvalue weighted by atomic mass is 10.1. The van der Waals surface area contributed by atoms with E-state index >= 15 is 0 Å². The minimum absolute atomic E-state index is 0.106. The Balaban J connectivity index is 2.40. The van der Waals surface area contributed by atoms with Gasteiger partial charge in [0.1, 0.15) is 5.82 Å². The molecule has 1 aromatic rings. The number of benzene rings is 1. The van der Waals surface area contributed by atoms with Gasteiger partial charge in [-0.05, 0) is 37.1 Å². The standard InChI is InChI=1S/C13H18FNO4S/c1-9-5-11(14)6-10(2)13(9)20(17,18)15-3-4-19-12(7-15)8-16/h5-6,12,16H,3-4,7-8H2,1-2H3. The number of sulfonamides is 1. The van der Waals surface area contributed by atoms with E-state index in [0.717, 1.165) is 0 Å². The molecular weight excluding hydrogens is 285 g/mol. The first-order chi connectivity index (χ1) is 9.36. The van der Waals surface area contributed by atoms with Crippen LogP contribution in [0.5, 0.6) is 0 Å². The fraction of sp³-hybridized carbons (Fsp3) is 0.538. The maximum absolute atomic E-state index is 13.3. The number of ether oxygens (including phenoxy) is 1. The number of nitrogens with zero attached hydrogens (tertiary/aromatic N) is 1. The van der Waals surface area contributed by atoms with Crippen molar-refractivity contribution in [2.45, 2.75) is 24.8 Å². The lowest BCUT2D eigenvalue weighted by Crippen LogP contribution is -2.47. The summed E-state index contributed by atoms with van der Waals surface area (Å²) in [4.78, 5) is 0.137. The number of aryl methyl sites for hydroxylation is 2. The number of hydrogen-bond acceptors (Lipinski definition) is 4. The van der Waals surface area contributed by atoms with Crippen molar-refractivity contribution in [3.8, 4) is 0 Å². The molecule has 112 valence electrons. The topological polar surface area (TPSA) is 66.8 Å². The highest BCUT2D eigenvalue weighted by Crippen LogP contribution is 2.26. The molecule has 1 N–H and O–H groups in total. The second kappa shape index (κ2) is 5.77. The molecular formula is C13H18FNO4S. The lowest BCUT2D eigenvalue weighted by molar-refractivity contribution is -0.0304. The zero-order valence-electron chi connectivity index (χ0n) is 11.5. The third-order valence-corrected chi connectivity index (χ3v) is 5.50. The molecule has 0 bridgehead atoms. The molecule has 1 aromatic carbocycles. The predicted molar refractivity (Wildman–Crippen MR) is 71.5 cm³/mol. The fourth-order valence-corrected chi connectivity index (χ4v) is 4.32. The summed E-state index contributed by atoms with van der Waals surface area (Å²) in [5.74, 6) is -0.450. The van der Waals surface area contributed by atoms with E-state index in [2.05, 4.69) is 0 Å². The van der Waals surface area contributed by atoms with Gasteiger partial charge in [-0.15, -0.1) is 0 Å². The van der Waals surface area contributed by atoms with Gasteiger partial charge in [-0.1, -0.05) is 0 Å². The molecule has 20 heavy (non-hydrogen) atoms. The van der Waals surface area contributed by atoms with E-state index in [1.54, 1.807) is 13.8 Å². The first kappa shape index (κ1) is 15.4. The molecule has 1 aliphatic heterocycles. The minimum atomic E-state index is -3.71.